The van der Waals surface area contributed by atoms with Crippen LogP contribution in [0.1, 0.15) is 16.0 Å². The molecule has 4 rings (SSSR count). The molecule has 0 fully saturated rings. The van der Waals surface area contributed by atoms with E-state index in [0.29, 0.717) is 12.4 Å². The van der Waals surface area contributed by atoms with Gasteiger partial charge in [0.15, 0.2) is 0 Å². The summed E-state index contributed by atoms with van der Waals surface area (Å²) in [5.41, 5.74) is 2.10. The fraction of sp³-hybridized carbons (Fsp3) is 0.0417. The third-order valence-corrected chi connectivity index (χ3v) is 5.40. The van der Waals surface area contributed by atoms with Crippen molar-refractivity contribution >= 4 is 39.7 Å². The highest BCUT2D eigenvalue weighted by Crippen LogP contribution is 2.28. The molecule has 3 aromatic carbocycles. The average molecular weight is 386 g/mol. The number of rotatable bonds is 6. The summed E-state index contributed by atoms with van der Waals surface area (Å²) < 4.78 is 6.10. The summed E-state index contributed by atoms with van der Waals surface area (Å²) in [6, 6.07) is 25.5. The van der Waals surface area contributed by atoms with Gasteiger partial charge in [0.2, 0.25) is 0 Å². The fourth-order valence-electron chi connectivity index (χ4n) is 3.13. The lowest BCUT2D eigenvalue weighted by Crippen LogP contribution is -2.00. The smallest absolute Gasteiger partial charge is 0.337 e. The molecule has 0 aliphatic heterocycles. The minimum Gasteiger partial charge on any atom is -0.488 e. The molecule has 4 heteroatoms. The lowest BCUT2D eigenvalue weighted by Gasteiger charge is -2.12. The minimum atomic E-state index is -0.952. The molecule has 1 heterocycles. The molecule has 1 N–H and O–H groups in total. The number of hydrogen-bond acceptors (Lipinski definition) is 3. The first-order valence-electron chi connectivity index (χ1n) is 8.90. The Morgan fingerprint density at radius 3 is 2.54 bits per heavy atom. The van der Waals surface area contributed by atoms with Crippen LogP contribution in [0.5, 0.6) is 5.75 Å². The van der Waals surface area contributed by atoms with Gasteiger partial charge in [-0.3, -0.25) is 0 Å². The second-order valence-electron chi connectivity index (χ2n) is 6.31. The second kappa shape index (κ2) is 8.11. The molecule has 0 aliphatic rings. The molecule has 3 nitrogen and oxygen atoms in total. The molecule has 0 atom stereocenters. The van der Waals surface area contributed by atoms with Gasteiger partial charge in [-0.05, 0) is 39.9 Å². The Hall–Kier alpha value is -3.37. The van der Waals surface area contributed by atoms with Gasteiger partial charge in [0.05, 0.1) is 5.57 Å². The van der Waals surface area contributed by atoms with E-state index in [4.69, 9.17) is 4.74 Å². The third kappa shape index (κ3) is 3.82. The van der Waals surface area contributed by atoms with Crippen molar-refractivity contribution in [3.8, 4) is 5.75 Å². The van der Waals surface area contributed by atoms with E-state index in [-0.39, 0.29) is 5.57 Å². The van der Waals surface area contributed by atoms with Gasteiger partial charge in [-0.25, -0.2) is 4.79 Å². The van der Waals surface area contributed by atoms with Gasteiger partial charge in [-0.1, -0.05) is 66.7 Å². The molecular formula is C24H18O3S. The SMILES string of the molecule is O=C(O)/C(=C\c1ccccc1OCc1cccc2ccccc12)c1cccs1. The average Bonchev–Trinajstić information content (AvgIpc) is 3.25. The Kier molecular flexibility index (Phi) is 5.22. The van der Waals surface area contributed by atoms with Crippen LogP contribution >= 0.6 is 11.3 Å². The van der Waals surface area contributed by atoms with Crippen LogP contribution < -0.4 is 4.74 Å². The highest BCUT2D eigenvalue weighted by Gasteiger charge is 2.13. The molecular weight excluding hydrogens is 368 g/mol. The van der Waals surface area contributed by atoms with E-state index in [2.05, 4.69) is 24.3 Å². The number of para-hydroxylation sites is 1. The van der Waals surface area contributed by atoms with Gasteiger partial charge in [0.25, 0.3) is 0 Å². The minimum absolute atomic E-state index is 0.260. The van der Waals surface area contributed by atoms with Crippen LogP contribution in [0.3, 0.4) is 0 Å². The van der Waals surface area contributed by atoms with Crippen LogP contribution in [-0.4, -0.2) is 11.1 Å². The topological polar surface area (TPSA) is 46.5 Å². The maximum atomic E-state index is 11.7. The summed E-state index contributed by atoms with van der Waals surface area (Å²) in [4.78, 5) is 12.5. The first-order chi connectivity index (χ1) is 13.7. The van der Waals surface area contributed by atoms with Gasteiger partial charge >= 0.3 is 5.97 Å². The Morgan fingerprint density at radius 1 is 0.929 bits per heavy atom. The molecule has 0 bridgehead atoms. The molecule has 4 aromatic rings. The summed E-state index contributed by atoms with van der Waals surface area (Å²) in [7, 11) is 0. The van der Waals surface area contributed by atoms with E-state index < -0.39 is 5.97 Å². The van der Waals surface area contributed by atoms with E-state index in [1.165, 1.54) is 16.7 Å². The van der Waals surface area contributed by atoms with E-state index in [1.807, 2.05) is 60.0 Å². The van der Waals surface area contributed by atoms with Crippen LogP contribution in [0.15, 0.2) is 84.2 Å². The summed E-state index contributed by atoms with van der Waals surface area (Å²) in [5, 5.41) is 13.8. The first kappa shape index (κ1) is 18.0. The molecule has 28 heavy (non-hydrogen) atoms. The number of benzene rings is 3. The van der Waals surface area contributed by atoms with E-state index in [1.54, 1.807) is 6.08 Å². The van der Waals surface area contributed by atoms with Crippen LogP contribution in [0.25, 0.3) is 22.4 Å². The number of ether oxygens (including phenoxy) is 1. The summed E-state index contributed by atoms with van der Waals surface area (Å²) in [6.07, 6.45) is 1.67. The van der Waals surface area contributed by atoms with Crippen molar-refractivity contribution in [3.63, 3.8) is 0 Å². The molecule has 0 unspecified atom stereocenters. The molecule has 138 valence electrons. The number of carboxylic acids is 1. The lowest BCUT2D eigenvalue weighted by molar-refractivity contribution is -0.130. The highest BCUT2D eigenvalue weighted by molar-refractivity contribution is 7.11. The number of aliphatic carboxylic acids is 1. The summed E-state index contributed by atoms with van der Waals surface area (Å²) in [6.45, 7) is 0.410. The highest BCUT2D eigenvalue weighted by atomic mass is 32.1. The van der Waals surface area contributed by atoms with Crippen molar-refractivity contribution in [2.75, 3.05) is 0 Å². The molecule has 0 saturated carbocycles. The van der Waals surface area contributed by atoms with E-state index >= 15 is 0 Å². The van der Waals surface area contributed by atoms with Gasteiger partial charge in [0.1, 0.15) is 12.4 Å². The van der Waals surface area contributed by atoms with E-state index in [9.17, 15) is 9.90 Å². The Labute approximate surface area is 167 Å². The summed E-state index contributed by atoms with van der Waals surface area (Å²) >= 11 is 1.41. The third-order valence-electron chi connectivity index (χ3n) is 4.50. The largest absolute Gasteiger partial charge is 0.488 e. The zero-order valence-corrected chi connectivity index (χ0v) is 15.9. The Morgan fingerprint density at radius 2 is 1.71 bits per heavy atom. The van der Waals surface area contributed by atoms with Gasteiger partial charge in [0, 0.05) is 10.4 Å². The Balaban J connectivity index is 1.65. The van der Waals surface area contributed by atoms with Crippen LogP contribution in [0.4, 0.5) is 0 Å². The zero-order chi connectivity index (χ0) is 19.3. The summed E-state index contributed by atoms with van der Waals surface area (Å²) in [5.74, 6) is -0.294. The quantitative estimate of drug-likeness (QED) is 0.407. The van der Waals surface area contributed by atoms with Crippen molar-refractivity contribution in [1.29, 1.82) is 0 Å². The number of hydrogen-bond donors (Lipinski definition) is 1. The van der Waals surface area contributed by atoms with Crippen molar-refractivity contribution < 1.29 is 14.6 Å². The van der Waals surface area contributed by atoms with Crippen LogP contribution in [-0.2, 0) is 11.4 Å². The normalized spacial score (nSPS) is 11.5. The molecule has 1 aromatic heterocycles. The van der Waals surface area contributed by atoms with Crippen molar-refractivity contribution in [1.82, 2.24) is 0 Å². The molecule has 0 radical (unpaired) electrons. The molecule has 0 saturated heterocycles. The van der Waals surface area contributed by atoms with Crippen molar-refractivity contribution in [3.05, 3.63) is 100 Å². The van der Waals surface area contributed by atoms with Gasteiger partial charge in [-0.15, -0.1) is 11.3 Å². The van der Waals surface area contributed by atoms with Gasteiger partial charge < -0.3 is 9.84 Å². The zero-order valence-electron chi connectivity index (χ0n) is 15.0. The standard InChI is InChI=1S/C24H18O3S/c25-24(26)21(23-13-6-14-28-23)15-18-8-2-4-12-22(18)27-16-19-10-5-9-17-7-1-3-11-20(17)19/h1-15H,16H2,(H,25,26)/b21-15-. The Bertz CT molecular complexity index is 1140. The number of thiophene rings is 1. The molecule has 0 spiro atoms. The van der Waals surface area contributed by atoms with Crippen LogP contribution in [0.2, 0.25) is 0 Å². The first-order valence-corrected chi connectivity index (χ1v) is 9.77. The van der Waals surface area contributed by atoms with E-state index in [0.717, 1.165) is 21.4 Å². The van der Waals surface area contributed by atoms with Crippen molar-refractivity contribution in [2.24, 2.45) is 0 Å². The monoisotopic (exact) mass is 386 g/mol. The van der Waals surface area contributed by atoms with Crippen LogP contribution in [0, 0.1) is 0 Å². The van der Waals surface area contributed by atoms with Crippen molar-refractivity contribution in [2.45, 2.75) is 6.61 Å². The maximum Gasteiger partial charge on any atom is 0.337 e. The molecule has 0 amide bonds. The predicted molar refractivity (Wildman–Crippen MR) is 115 cm³/mol. The fourth-order valence-corrected chi connectivity index (χ4v) is 3.86. The van der Waals surface area contributed by atoms with Gasteiger partial charge in [-0.2, -0.15) is 0 Å². The second-order valence-corrected chi connectivity index (χ2v) is 7.25. The number of carboxylic acid groups (broad SMARTS) is 1. The lowest BCUT2D eigenvalue weighted by atomic mass is 10.1. The number of carbonyl (C=O) groups is 1. The number of fused-ring (bicyclic) bond motifs is 1. The predicted octanol–water partition coefficient (Wildman–Crippen LogP) is 6.11. The maximum absolute atomic E-state index is 11.7. The molecule has 0 aliphatic carbocycles.